The van der Waals surface area contributed by atoms with E-state index in [0.29, 0.717) is 6.54 Å². The van der Waals surface area contributed by atoms with Crippen molar-refractivity contribution in [3.63, 3.8) is 0 Å². The van der Waals surface area contributed by atoms with Crippen LogP contribution in [0.3, 0.4) is 0 Å². The Bertz CT molecular complexity index is 1070. The van der Waals surface area contributed by atoms with Crippen molar-refractivity contribution in [2.75, 3.05) is 26.8 Å². The summed E-state index contributed by atoms with van der Waals surface area (Å²) in [6, 6.07) is 15.8. The fourth-order valence-electron chi connectivity index (χ4n) is 4.99. The normalized spacial score (nSPS) is 19.8. The number of carbonyl (C=O) groups excluding carboxylic acids is 2. The number of ether oxygens (including phenoxy) is 2. The minimum absolute atomic E-state index is 0.00652. The third-order valence-electron chi connectivity index (χ3n) is 7.21. The summed E-state index contributed by atoms with van der Waals surface area (Å²) in [5.41, 5.74) is 3.20. The van der Waals surface area contributed by atoms with Crippen LogP contribution < -0.4 is 5.32 Å². The minimum atomic E-state index is -1.37. The Morgan fingerprint density at radius 3 is 2.20 bits per heavy atom. The van der Waals surface area contributed by atoms with Gasteiger partial charge in [0.2, 0.25) is 5.91 Å². The molecule has 0 saturated carbocycles. The molecule has 2 unspecified atom stereocenters. The highest BCUT2D eigenvalue weighted by molar-refractivity contribution is 5.83. The first-order chi connectivity index (χ1) is 16.8. The number of carbonyl (C=O) groups is 3. The summed E-state index contributed by atoms with van der Waals surface area (Å²) < 4.78 is 10.8. The van der Waals surface area contributed by atoms with Crippen molar-refractivity contribution in [1.82, 2.24) is 10.2 Å². The van der Waals surface area contributed by atoms with E-state index in [1.165, 1.54) is 12.0 Å². The lowest BCUT2D eigenvalue weighted by Crippen LogP contribution is -2.46. The summed E-state index contributed by atoms with van der Waals surface area (Å²) in [4.78, 5) is 38.7. The number of amides is 2. The van der Waals surface area contributed by atoms with Crippen molar-refractivity contribution < 1.29 is 29.0 Å². The second kappa shape index (κ2) is 10.1. The average molecular weight is 481 g/mol. The second-order valence-corrected chi connectivity index (χ2v) is 9.59. The highest BCUT2D eigenvalue weighted by Gasteiger charge is 2.47. The maximum absolute atomic E-state index is 12.9. The molecule has 2 aromatic rings. The molecule has 2 atom stereocenters. The van der Waals surface area contributed by atoms with Crippen LogP contribution in [0, 0.1) is 5.92 Å². The topological polar surface area (TPSA) is 105 Å². The van der Waals surface area contributed by atoms with Crippen LogP contribution in [0.25, 0.3) is 11.1 Å². The molecule has 2 aliphatic rings. The molecule has 2 N–H and O–H groups in total. The molecule has 1 aliphatic heterocycles. The van der Waals surface area contributed by atoms with Crippen molar-refractivity contribution in [3.8, 4) is 11.1 Å². The summed E-state index contributed by atoms with van der Waals surface area (Å²) in [5.74, 6) is -1.36. The molecule has 35 heavy (non-hydrogen) atoms. The Hall–Kier alpha value is -3.39. The van der Waals surface area contributed by atoms with Gasteiger partial charge in [-0.2, -0.15) is 0 Å². The first-order valence-electron chi connectivity index (χ1n) is 11.9. The van der Waals surface area contributed by atoms with Crippen LogP contribution >= 0.6 is 0 Å². The molecule has 4 rings (SSSR count). The van der Waals surface area contributed by atoms with Gasteiger partial charge in [-0.3, -0.25) is 4.79 Å². The van der Waals surface area contributed by atoms with E-state index in [1.54, 1.807) is 0 Å². The zero-order valence-electron chi connectivity index (χ0n) is 20.3. The largest absolute Gasteiger partial charge is 0.479 e. The van der Waals surface area contributed by atoms with E-state index in [4.69, 9.17) is 9.47 Å². The Morgan fingerprint density at radius 2 is 1.69 bits per heavy atom. The number of carboxylic acid groups (broad SMARTS) is 1. The third kappa shape index (κ3) is 4.89. The van der Waals surface area contributed by atoms with Gasteiger partial charge in [0.05, 0.1) is 6.54 Å². The number of nitrogens with one attached hydrogen (secondary N) is 1. The number of benzene rings is 2. The highest BCUT2D eigenvalue weighted by atomic mass is 16.5. The van der Waals surface area contributed by atoms with Crippen LogP contribution in [0.1, 0.15) is 43.7 Å². The Morgan fingerprint density at radius 1 is 1.09 bits per heavy atom. The Balaban J connectivity index is 1.36. The molecule has 2 aromatic carbocycles. The second-order valence-electron chi connectivity index (χ2n) is 9.59. The van der Waals surface area contributed by atoms with E-state index in [0.717, 1.165) is 22.3 Å². The van der Waals surface area contributed by atoms with Gasteiger partial charge in [-0.15, -0.1) is 0 Å². The van der Waals surface area contributed by atoms with Gasteiger partial charge in [0.1, 0.15) is 6.61 Å². The molecular weight excluding hydrogens is 448 g/mol. The lowest BCUT2D eigenvalue weighted by molar-refractivity contribution is -0.161. The van der Waals surface area contributed by atoms with E-state index in [9.17, 15) is 19.5 Å². The van der Waals surface area contributed by atoms with Gasteiger partial charge in [0, 0.05) is 38.5 Å². The Labute approximate surface area is 205 Å². The molecule has 1 fully saturated rings. The van der Waals surface area contributed by atoms with Crippen LogP contribution in [-0.2, 0) is 19.1 Å². The predicted octanol–water partition coefficient (Wildman–Crippen LogP) is 3.64. The predicted molar refractivity (Wildman–Crippen MR) is 130 cm³/mol. The zero-order valence-corrected chi connectivity index (χ0v) is 20.3. The summed E-state index contributed by atoms with van der Waals surface area (Å²) in [6.45, 7) is 4.33. The molecule has 2 amide bonds. The number of alkyl carbamates (subject to hydrolysis) is 1. The molecule has 1 saturated heterocycles. The fourth-order valence-corrected chi connectivity index (χ4v) is 4.99. The number of rotatable bonds is 8. The van der Waals surface area contributed by atoms with Crippen LogP contribution in [0.15, 0.2) is 48.5 Å². The SMILES string of the molecule is COC1(C(=O)O)CCN(C(=O)CC(NC(=O)OCC2c3ccccc3-c3ccccc32)C(C)C)C1. The first kappa shape index (κ1) is 24.7. The first-order valence-corrected chi connectivity index (χ1v) is 11.9. The number of fused-ring (bicyclic) bond motifs is 3. The molecule has 0 radical (unpaired) electrons. The lowest BCUT2D eigenvalue weighted by Gasteiger charge is -2.26. The van der Waals surface area contributed by atoms with Crippen LogP contribution in [0.5, 0.6) is 0 Å². The van der Waals surface area contributed by atoms with Gasteiger partial charge < -0.3 is 24.8 Å². The molecule has 8 heteroatoms. The van der Waals surface area contributed by atoms with Crippen molar-refractivity contribution in [2.45, 2.75) is 44.2 Å². The number of hydrogen-bond donors (Lipinski definition) is 2. The smallest absolute Gasteiger partial charge is 0.407 e. The van der Waals surface area contributed by atoms with Crippen molar-refractivity contribution >= 4 is 18.0 Å². The quantitative estimate of drug-likeness (QED) is 0.598. The van der Waals surface area contributed by atoms with Crippen LogP contribution in [-0.4, -0.2) is 66.4 Å². The number of nitrogens with zero attached hydrogens (tertiary/aromatic N) is 1. The van der Waals surface area contributed by atoms with Gasteiger partial charge in [-0.1, -0.05) is 62.4 Å². The van der Waals surface area contributed by atoms with Crippen molar-refractivity contribution in [2.24, 2.45) is 5.92 Å². The third-order valence-corrected chi connectivity index (χ3v) is 7.21. The van der Waals surface area contributed by atoms with E-state index >= 15 is 0 Å². The summed E-state index contributed by atoms with van der Waals surface area (Å²) in [6.07, 6.45) is -0.283. The molecule has 1 heterocycles. The number of aliphatic carboxylic acids is 1. The molecule has 0 spiro atoms. The lowest BCUT2D eigenvalue weighted by atomic mass is 9.98. The number of likely N-dealkylation sites (tertiary alicyclic amines) is 1. The maximum atomic E-state index is 12.9. The fraction of sp³-hybridized carbons (Fsp3) is 0.444. The number of methoxy groups -OCH3 is 1. The van der Waals surface area contributed by atoms with Gasteiger partial charge in [-0.25, -0.2) is 9.59 Å². The molecule has 0 bridgehead atoms. The van der Waals surface area contributed by atoms with E-state index in [-0.39, 0.29) is 43.7 Å². The van der Waals surface area contributed by atoms with Crippen molar-refractivity contribution in [1.29, 1.82) is 0 Å². The van der Waals surface area contributed by atoms with Gasteiger partial charge >= 0.3 is 12.1 Å². The minimum Gasteiger partial charge on any atom is -0.479 e. The molecule has 8 nitrogen and oxygen atoms in total. The Kier molecular flexibility index (Phi) is 7.12. The summed E-state index contributed by atoms with van der Waals surface area (Å²) in [7, 11) is 1.34. The maximum Gasteiger partial charge on any atom is 0.407 e. The van der Waals surface area contributed by atoms with E-state index in [2.05, 4.69) is 29.6 Å². The molecule has 186 valence electrons. The number of carboxylic acids is 1. The van der Waals surface area contributed by atoms with Crippen LogP contribution in [0.2, 0.25) is 0 Å². The molecular formula is C27H32N2O6. The molecule has 0 aromatic heterocycles. The highest BCUT2D eigenvalue weighted by Crippen LogP contribution is 2.44. The monoisotopic (exact) mass is 480 g/mol. The van der Waals surface area contributed by atoms with Gasteiger partial charge in [-0.05, 0) is 28.2 Å². The van der Waals surface area contributed by atoms with Gasteiger partial charge in [0.25, 0.3) is 0 Å². The summed E-state index contributed by atoms with van der Waals surface area (Å²) >= 11 is 0. The zero-order chi connectivity index (χ0) is 25.2. The number of hydrogen-bond acceptors (Lipinski definition) is 5. The molecule has 1 aliphatic carbocycles. The van der Waals surface area contributed by atoms with Crippen LogP contribution in [0.4, 0.5) is 4.79 Å². The summed E-state index contributed by atoms with van der Waals surface area (Å²) in [5, 5.41) is 12.3. The average Bonchev–Trinajstić information content (AvgIpc) is 3.43. The standard InChI is InChI=1S/C27H32N2O6/c1-17(2)23(14-24(30)29-13-12-27(16-29,34-3)25(31)32)28-26(33)35-15-22-20-10-6-4-8-18(20)19-9-5-7-11-21(19)22/h4-11,17,22-23H,12-16H2,1-3H3,(H,28,33)(H,31,32). The van der Waals surface area contributed by atoms with E-state index < -0.39 is 23.7 Å². The van der Waals surface area contributed by atoms with Gasteiger partial charge in [0.15, 0.2) is 5.60 Å². The van der Waals surface area contributed by atoms with Crippen molar-refractivity contribution in [3.05, 3.63) is 59.7 Å². The van der Waals surface area contributed by atoms with E-state index in [1.807, 2.05) is 38.1 Å².